The smallest absolute Gasteiger partial charge is 0.341 e. The summed E-state index contributed by atoms with van der Waals surface area (Å²) in [4.78, 5) is 16.1. The average molecular weight is 290 g/mol. The summed E-state index contributed by atoms with van der Waals surface area (Å²) in [6.07, 6.45) is 2.56. The number of aromatic nitrogens is 1. The van der Waals surface area contributed by atoms with E-state index in [4.69, 9.17) is 4.74 Å². The van der Waals surface area contributed by atoms with Crippen LogP contribution in [0.1, 0.15) is 29.8 Å². The Balaban J connectivity index is 2.06. The fraction of sp³-hybridized carbons (Fsp3) is 0.333. The van der Waals surface area contributed by atoms with Gasteiger partial charge in [-0.3, -0.25) is 0 Å². The molecule has 2 rings (SSSR count). The lowest BCUT2D eigenvalue weighted by atomic mass is 10.1. The van der Waals surface area contributed by atoms with Crippen LogP contribution in [0.5, 0.6) is 0 Å². The molecule has 0 saturated carbocycles. The molecule has 0 fully saturated rings. The van der Waals surface area contributed by atoms with E-state index in [0.29, 0.717) is 18.0 Å². The zero-order valence-electron chi connectivity index (χ0n) is 11.6. The van der Waals surface area contributed by atoms with Crippen molar-refractivity contribution in [2.45, 2.75) is 26.3 Å². The fourth-order valence-electron chi connectivity index (χ4n) is 1.94. The third-order valence-corrected chi connectivity index (χ3v) is 3.54. The lowest BCUT2D eigenvalue weighted by Gasteiger charge is -2.16. The van der Waals surface area contributed by atoms with Crippen LogP contribution in [-0.2, 0) is 11.2 Å². The van der Waals surface area contributed by atoms with Crippen molar-refractivity contribution in [1.29, 1.82) is 0 Å². The number of hydrogen-bond acceptors (Lipinski definition) is 5. The van der Waals surface area contributed by atoms with E-state index in [2.05, 4.69) is 34.1 Å². The monoisotopic (exact) mass is 290 g/mol. The van der Waals surface area contributed by atoms with Crippen LogP contribution in [0.4, 0.5) is 5.82 Å². The van der Waals surface area contributed by atoms with Gasteiger partial charge in [-0.05, 0) is 54.8 Å². The summed E-state index contributed by atoms with van der Waals surface area (Å²) in [5, 5.41) is 7.47. The zero-order chi connectivity index (χ0) is 14.4. The van der Waals surface area contributed by atoms with E-state index in [1.54, 1.807) is 36.6 Å². The van der Waals surface area contributed by atoms with Crippen LogP contribution in [0.25, 0.3) is 0 Å². The van der Waals surface area contributed by atoms with Gasteiger partial charge in [-0.2, -0.15) is 11.3 Å². The molecule has 106 valence electrons. The van der Waals surface area contributed by atoms with Crippen LogP contribution in [0, 0.1) is 0 Å². The second-order valence-electron chi connectivity index (χ2n) is 4.50. The minimum absolute atomic E-state index is 0.188. The first kappa shape index (κ1) is 14.5. The molecule has 0 aliphatic heterocycles. The Bertz CT molecular complexity index is 555. The lowest BCUT2D eigenvalue weighted by molar-refractivity contribution is 0.0527. The maximum absolute atomic E-state index is 11.9. The van der Waals surface area contributed by atoms with E-state index in [0.717, 1.165) is 6.42 Å². The third-order valence-electron chi connectivity index (χ3n) is 2.81. The minimum Gasteiger partial charge on any atom is -0.462 e. The average Bonchev–Trinajstić information content (AvgIpc) is 2.92. The van der Waals surface area contributed by atoms with E-state index in [1.165, 1.54) is 5.56 Å². The fourth-order valence-corrected chi connectivity index (χ4v) is 2.62. The summed E-state index contributed by atoms with van der Waals surface area (Å²) in [6.45, 7) is 4.22. The van der Waals surface area contributed by atoms with Crippen molar-refractivity contribution in [1.82, 2.24) is 4.98 Å². The van der Waals surface area contributed by atoms with Crippen molar-refractivity contribution in [2.75, 3.05) is 11.9 Å². The van der Waals surface area contributed by atoms with Crippen LogP contribution in [0.2, 0.25) is 0 Å². The molecule has 2 aromatic rings. The first-order chi connectivity index (χ1) is 9.70. The van der Waals surface area contributed by atoms with Crippen LogP contribution < -0.4 is 5.32 Å². The first-order valence-electron chi connectivity index (χ1n) is 6.60. The Labute approximate surface area is 122 Å². The number of anilines is 1. The van der Waals surface area contributed by atoms with E-state index in [-0.39, 0.29) is 12.0 Å². The molecule has 0 radical (unpaired) electrons. The van der Waals surface area contributed by atoms with Gasteiger partial charge in [0, 0.05) is 12.2 Å². The van der Waals surface area contributed by atoms with Gasteiger partial charge in [0.15, 0.2) is 0 Å². The molecule has 0 saturated heterocycles. The molecule has 0 aliphatic rings. The van der Waals surface area contributed by atoms with Crippen molar-refractivity contribution >= 4 is 23.1 Å². The number of pyridine rings is 1. The Morgan fingerprint density at radius 2 is 2.35 bits per heavy atom. The predicted octanol–water partition coefficient (Wildman–Crippen LogP) is 3.36. The normalized spacial score (nSPS) is 11.9. The highest BCUT2D eigenvalue weighted by Crippen LogP contribution is 2.16. The molecule has 1 unspecified atom stereocenters. The largest absolute Gasteiger partial charge is 0.462 e. The molecule has 4 nitrogen and oxygen atoms in total. The van der Waals surface area contributed by atoms with Gasteiger partial charge in [-0.25, -0.2) is 9.78 Å². The van der Waals surface area contributed by atoms with Crippen LogP contribution in [-0.4, -0.2) is 23.6 Å². The van der Waals surface area contributed by atoms with Crippen molar-refractivity contribution in [2.24, 2.45) is 0 Å². The van der Waals surface area contributed by atoms with Gasteiger partial charge in [-0.1, -0.05) is 0 Å². The standard InChI is InChI=1S/C15H18N2O2S/c1-3-19-15(18)13-5-4-7-16-14(13)17-11(2)9-12-6-8-20-10-12/h4-8,10-11H,3,9H2,1-2H3,(H,16,17). The first-order valence-corrected chi connectivity index (χ1v) is 7.54. The van der Waals surface area contributed by atoms with E-state index in [1.807, 2.05) is 0 Å². The number of esters is 1. The molecule has 0 aromatic carbocycles. The highest BCUT2D eigenvalue weighted by molar-refractivity contribution is 7.07. The maximum Gasteiger partial charge on any atom is 0.341 e. The number of thiophene rings is 1. The highest BCUT2D eigenvalue weighted by Gasteiger charge is 2.15. The predicted molar refractivity (Wildman–Crippen MR) is 81.3 cm³/mol. The molecule has 1 atom stereocenters. The lowest BCUT2D eigenvalue weighted by Crippen LogP contribution is -2.21. The molecule has 2 heterocycles. The van der Waals surface area contributed by atoms with Gasteiger partial charge < -0.3 is 10.1 Å². The molecule has 0 amide bonds. The molecule has 2 aromatic heterocycles. The van der Waals surface area contributed by atoms with Crippen molar-refractivity contribution < 1.29 is 9.53 Å². The number of nitrogens with one attached hydrogen (secondary N) is 1. The molecule has 0 spiro atoms. The zero-order valence-corrected chi connectivity index (χ0v) is 12.4. The van der Waals surface area contributed by atoms with Crippen molar-refractivity contribution in [3.63, 3.8) is 0 Å². The van der Waals surface area contributed by atoms with Crippen molar-refractivity contribution in [3.8, 4) is 0 Å². The third kappa shape index (κ3) is 3.81. The number of carbonyl (C=O) groups is 1. The number of nitrogens with zero attached hydrogens (tertiary/aromatic N) is 1. The molecule has 20 heavy (non-hydrogen) atoms. The number of carbonyl (C=O) groups excluding carboxylic acids is 1. The Kier molecular flexibility index (Phi) is 5.12. The van der Waals surface area contributed by atoms with E-state index in [9.17, 15) is 4.79 Å². The summed E-state index contributed by atoms with van der Waals surface area (Å²) in [6, 6.07) is 5.76. The summed E-state index contributed by atoms with van der Waals surface area (Å²) < 4.78 is 5.04. The summed E-state index contributed by atoms with van der Waals surface area (Å²) >= 11 is 1.69. The van der Waals surface area contributed by atoms with Crippen LogP contribution in [0.15, 0.2) is 35.2 Å². The van der Waals surface area contributed by atoms with Crippen molar-refractivity contribution in [3.05, 3.63) is 46.3 Å². The number of ether oxygens (including phenoxy) is 1. The van der Waals surface area contributed by atoms with Gasteiger partial charge in [-0.15, -0.1) is 0 Å². The minimum atomic E-state index is -0.342. The second-order valence-corrected chi connectivity index (χ2v) is 5.28. The molecule has 0 aliphatic carbocycles. The maximum atomic E-state index is 11.9. The van der Waals surface area contributed by atoms with Crippen LogP contribution >= 0.6 is 11.3 Å². The second kappa shape index (κ2) is 7.05. The Morgan fingerprint density at radius 3 is 3.05 bits per heavy atom. The molecule has 5 heteroatoms. The van der Waals surface area contributed by atoms with Gasteiger partial charge >= 0.3 is 5.97 Å². The molecule has 0 bridgehead atoms. The topological polar surface area (TPSA) is 51.2 Å². The number of rotatable bonds is 6. The Morgan fingerprint density at radius 1 is 1.50 bits per heavy atom. The van der Waals surface area contributed by atoms with Gasteiger partial charge in [0.05, 0.1) is 6.61 Å². The summed E-state index contributed by atoms with van der Waals surface area (Å²) in [5.74, 6) is 0.236. The summed E-state index contributed by atoms with van der Waals surface area (Å²) in [5.41, 5.74) is 1.76. The van der Waals surface area contributed by atoms with Gasteiger partial charge in [0.2, 0.25) is 0 Å². The van der Waals surface area contributed by atoms with E-state index < -0.39 is 0 Å². The van der Waals surface area contributed by atoms with Crippen LogP contribution in [0.3, 0.4) is 0 Å². The number of hydrogen-bond donors (Lipinski definition) is 1. The van der Waals surface area contributed by atoms with Gasteiger partial charge in [0.25, 0.3) is 0 Å². The van der Waals surface area contributed by atoms with Gasteiger partial charge in [0.1, 0.15) is 11.4 Å². The SMILES string of the molecule is CCOC(=O)c1cccnc1NC(C)Cc1ccsc1. The molecule has 1 N–H and O–H groups in total. The Hall–Kier alpha value is -1.88. The van der Waals surface area contributed by atoms with E-state index >= 15 is 0 Å². The quantitative estimate of drug-likeness (QED) is 0.829. The molecular formula is C15H18N2O2S. The summed E-state index contributed by atoms with van der Waals surface area (Å²) in [7, 11) is 0. The molecular weight excluding hydrogens is 272 g/mol. The highest BCUT2D eigenvalue weighted by atomic mass is 32.1.